The Balaban J connectivity index is 1.44. The van der Waals surface area contributed by atoms with Crippen molar-refractivity contribution in [1.29, 1.82) is 0 Å². The molecule has 12 heteroatoms. The van der Waals surface area contributed by atoms with Crippen LogP contribution >= 0.6 is 0 Å². The van der Waals surface area contributed by atoms with Gasteiger partial charge in [-0.15, -0.1) is 0 Å². The number of ether oxygens (including phenoxy) is 3. The fourth-order valence-corrected chi connectivity index (χ4v) is 6.80. The number of aromatic hydroxyl groups is 1. The monoisotopic (exact) mass is 652 g/mol. The van der Waals surface area contributed by atoms with E-state index in [9.17, 15) is 24.3 Å². The van der Waals surface area contributed by atoms with Crippen molar-refractivity contribution < 1.29 is 38.5 Å². The number of fused-ring (bicyclic) bond motifs is 4. The predicted molar refractivity (Wildman–Crippen MR) is 172 cm³/mol. The number of benzene rings is 1. The number of phenols is 1. The lowest BCUT2D eigenvalue weighted by Crippen LogP contribution is -2.63. The van der Waals surface area contributed by atoms with E-state index in [2.05, 4.69) is 16.1 Å². The van der Waals surface area contributed by atoms with E-state index >= 15 is 0 Å². The molecule has 0 radical (unpaired) electrons. The lowest BCUT2D eigenvalue weighted by Gasteiger charge is -2.51. The van der Waals surface area contributed by atoms with Gasteiger partial charge < -0.3 is 30.0 Å². The SMILES string of the molecule is CC(C)[C@@H]1NC(=O)[C@@H]2CC[C@]3(C)O[C@H]2[C@@H](C)[C@H](/C=C/C=C/CCOC(=O)[C@@H]2CCCN(N2)C(=O)[C@H](Cc2cccc(O)c2)NC1=O)O3. The molecule has 0 aliphatic carbocycles. The van der Waals surface area contributed by atoms with Gasteiger partial charge in [0.1, 0.15) is 23.9 Å². The second kappa shape index (κ2) is 15.0. The molecule has 1 aromatic rings. The minimum absolute atomic E-state index is 0.0339. The molecule has 0 aromatic heterocycles. The first kappa shape index (κ1) is 34.6. The Bertz CT molecular complexity index is 1380. The third kappa shape index (κ3) is 8.41. The molecular formula is C35H48N4O8. The van der Waals surface area contributed by atoms with Crippen LogP contribution in [0.4, 0.5) is 0 Å². The van der Waals surface area contributed by atoms with Gasteiger partial charge in [-0.3, -0.25) is 24.2 Å². The van der Waals surface area contributed by atoms with Crippen LogP contribution < -0.4 is 16.1 Å². The third-order valence-electron chi connectivity index (χ3n) is 9.48. The molecule has 256 valence electrons. The summed E-state index contributed by atoms with van der Waals surface area (Å²) in [7, 11) is 0. The van der Waals surface area contributed by atoms with Crippen LogP contribution in [0.1, 0.15) is 65.4 Å². The summed E-state index contributed by atoms with van der Waals surface area (Å²) in [6.07, 6.45) is 9.64. The van der Waals surface area contributed by atoms with Gasteiger partial charge in [0, 0.05) is 25.3 Å². The number of nitrogens with zero attached hydrogens (tertiary/aromatic N) is 1. The molecular weight excluding hydrogens is 604 g/mol. The molecule has 4 N–H and O–H groups in total. The number of amides is 3. The van der Waals surface area contributed by atoms with Gasteiger partial charge in [0.05, 0.1) is 24.7 Å². The summed E-state index contributed by atoms with van der Waals surface area (Å²) in [5.74, 6) is -3.40. The maximum absolute atomic E-state index is 14.0. The van der Waals surface area contributed by atoms with Gasteiger partial charge in [-0.2, -0.15) is 0 Å². The summed E-state index contributed by atoms with van der Waals surface area (Å²) in [5, 5.41) is 17.3. The van der Waals surface area contributed by atoms with E-state index in [4.69, 9.17) is 14.2 Å². The topological polar surface area (TPSA) is 156 Å². The number of esters is 1. The molecule has 3 amide bonds. The highest BCUT2D eigenvalue weighted by molar-refractivity contribution is 5.93. The van der Waals surface area contributed by atoms with E-state index in [0.29, 0.717) is 44.2 Å². The number of hydrogen-bond acceptors (Lipinski definition) is 9. The number of rotatable bonds is 3. The van der Waals surface area contributed by atoms with Crippen molar-refractivity contribution in [1.82, 2.24) is 21.1 Å². The summed E-state index contributed by atoms with van der Waals surface area (Å²) >= 11 is 0. The molecule has 0 unspecified atom stereocenters. The first-order valence-electron chi connectivity index (χ1n) is 16.8. The molecule has 8 atom stereocenters. The maximum Gasteiger partial charge on any atom is 0.324 e. The summed E-state index contributed by atoms with van der Waals surface area (Å²) in [5.41, 5.74) is 3.64. The number of hydrazine groups is 1. The number of hydrogen-bond donors (Lipinski definition) is 4. The van der Waals surface area contributed by atoms with Crippen molar-refractivity contribution in [3.63, 3.8) is 0 Å². The smallest absolute Gasteiger partial charge is 0.324 e. The van der Waals surface area contributed by atoms with Crippen LogP contribution in [-0.4, -0.2) is 83.1 Å². The molecule has 47 heavy (non-hydrogen) atoms. The van der Waals surface area contributed by atoms with Gasteiger partial charge in [0.15, 0.2) is 5.79 Å². The Kier molecular flexibility index (Phi) is 11.0. The molecule has 0 saturated carbocycles. The van der Waals surface area contributed by atoms with Crippen molar-refractivity contribution in [2.24, 2.45) is 17.8 Å². The van der Waals surface area contributed by atoms with Crippen LogP contribution in [-0.2, 0) is 39.8 Å². The summed E-state index contributed by atoms with van der Waals surface area (Å²) in [4.78, 5) is 54.7. The highest BCUT2D eigenvalue weighted by Gasteiger charge is 2.51. The summed E-state index contributed by atoms with van der Waals surface area (Å²) in [6.45, 7) is 8.08. The van der Waals surface area contributed by atoms with Crippen molar-refractivity contribution in [3.8, 4) is 5.75 Å². The number of phenolic OH excluding ortho intramolecular Hbond substituents is 1. The first-order valence-corrected chi connectivity index (χ1v) is 16.8. The molecule has 4 heterocycles. The third-order valence-corrected chi connectivity index (χ3v) is 9.48. The first-order chi connectivity index (χ1) is 22.4. The van der Waals surface area contributed by atoms with Crippen molar-refractivity contribution >= 4 is 23.7 Å². The molecule has 12 nitrogen and oxygen atoms in total. The van der Waals surface area contributed by atoms with Crippen LogP contribution in [0.3, 0.4) is 0 Å². The van der Waals surface area contributed by atoms with E-state index in [0.717, 1.165) is 0 Å². The second-order valence-electron chi connectivity index (χ2n) is 13.6. The zero-order chi connectivity index (χ0) is 33.7. The van der Waals surface area contributed by atoms with Crippen LogP contribution in [0.25, 0.3) is 0 Å². The van der Waals surface area contributed by atoms with Gasteiger partial charge in [0.2, 0.25) is 11.8 Å². The highest BCUT2D eigenvalue weighted by Crippen LogP contribution is 2.44. The minimum atomic E-state index is -1.05. The van der Waals surface area contributed by atoms with E-state index in [-0.39, 0.29) is 42.6 Å². The van der Waals surface area contributed by atoms with Crippen molar-refractivity contribution in [3.05, 3.63) is 54.1 Å². The standard InChI is InChI=1S/C35H48N4O8/c1-21(2)29-32(42)36-27(20-23-11-9-12-24(40)19-23)33(43)39-17-10-13-26(38-39)34(44)45-18-8-6-5-7-14-28-22(3)30-25(31(41)37-29)15-16-35(4,46-28)47-30/h5-7,9,11-12,14,19,21-22,25-30,38,40H,8,10,13,15-18,20H2,1-4H3,(H,36,42)(H,37,41)/b6-5+,14-7+/t22-,25+,26-,27-,28-,29-,30-,35-/m0/s1. The summed E-state index contributed by atoms with van der Waals surface area (Å²) < 4.78 is 18.2. The lowest BCUT2D eigenvalue weighted by molar-refractivity contribution is -0.344. The zero-order valence-electron chi connectivity index (χ0n) is 27.6. The lowest BCUT2D eigenvalue weighted by atomic mass is 9.79. The second-order valence-corrected chi connectivity index (χ2v) is 13.6. The van der Waals surface area contributed by atoms with Crippen LogP contribution in [0.5, 0.6) is 5.75 Å². The normalized spacial score (nSPS) is 35.6. The Morgan fingerprint density at radius 2 is 1.87 bits per heavy atom. The largest absolute Gasteiger partial charge is 0.508 e. The molecule has 5 bridgehead atoms. The van der Waals surface area contributed by atoms with Gasteiger partial charge in [-0.25, -0.2) is 5.43 Å². The Morgan fingerprint density at radius 3 is 2.64 bits per heavy atom. The van der Waals surface area contributed by atoms with Crippen molar-refractivity contribution in [2.75, 3.05) is 13.2 Å². The Labute approximate surface area is 276 Å². The number of cyclic esters (lactones) is 1. The van der Waals surface area contributed by atoms with E-state index in [1.165, 1.54) is 17.1 Å². The highest BCUT2D eigenvalue weighted by atomic mass is 16.7. The van der Waals surface area contributed by atoms with Crippen LogP contribution in [0, 0.1) is 17.8 Å². The summed E-state index contributed by atoms with van der Waals surface area (Å²) in [6, 6.07) is 3.80. The molecule has 4 aliphatic heterocycles. The Morgan fingerprint density at radius 1 is 1.06 bits per heavy atom. The van der Waals surface area contributed by atoms with Crippen LogP contribution in [0.15, 0.2) is 48.6 Å². The number of allylic oxidation sites excluding steroid dienone is 2. The average Bonchev–Trinajstić information content (AvgIpc) is 3.04. The van der Waals surface area contributed by atoms with E-state index in [1.807, 2.05) is 52.0 Å². The van der Waals surface area contributed by atoms with Gasteiger partial charge in [0.25, 0.3) is 5.91 Å². The van der Waals surface area contributed by atoms with E-state index < -0.39 is 53.7 Å². The fourth-order valence-electron chi connectivity index (χ4n) is 6.80. The molecule has 3 fully saturated rings. The molecule has 5 rings (SSSR count). The van der Waals surface area contributed by atoms with Gasteiger partial charge in [-0.05, 0) is 56.2 Å². The van der Waals surface area contributed by atoms with Crippen LogP contribution in [0.2, 0.25) is 0 Å². The maximum atomic E-state index is 14.0. The predicted octanol–water partition coefficient (Wildman–Crippen LogP) is 2.66. The van der Waals surface area contributed by atoms with Crippen molar-refractivity contribution in [2.45, 2.75) is 102 Å². The zero-order valence-corrected chi connectivity index (χ0v) is 27.6. The fraction of sp³-hybridized carbons (Fsp3) is 0.600. The molecule has 3 saturated heterocycles. The molecule has 4 aliphatic rings. The average molecular weight is 653 g/mol. The number of carbonyl (C=O) groups is 4. The molecule has 1 aromatic carbocycles. The number of nitrogens with one attached hydrogen (secondary N) is 3. The molecule has 0 spiro atoms. The van der Waals surface area contributed by atoms with Gasteiger partial charge >= 0.3 is 5.97 Å². The van der Waals surface area contributed by atoms with Gasteiger partial charge in [-0.1, -0.05) is 57.2 Å². The number of carbonyl (C=O) groups excluding carboxylic acids is 4. The minimum Gasteiger partial charge on any atom is -0.508 e. The Hall–Kier alpha value is -3.74. The quantitative estimate of drug-likeness (QED) is 0.361. The van der Waals surface area contributed by atoms with E-state index in [1.54, 1.807) is 12.1 Å².